The maximum absolute atomic E-state index is 10.1. The molecular formula is C13H18BrClO. The minimum atomic E-state index is -0.472. The van der Waals surface area contributed by atoms with Crippen molar-refractivity contribution in [3.8, 4) is 0 Å². The molecule has 0 amide bonds. The Labute approximate surface area is 111 Å². The fourth-order valence-corrected chi connectivity index (χ4v) is 2.30. The van der Waals surface area contributed by atoms with Crippen molar-refractivity contribution in [1.29, 1.82) is 0 Å². The minimum absolute atomic E-state index is 0.239. The lowest BCUT2D eigenvalue weighted by atomic mass is 9.88. The molecule has 0 heterocycles. The molecule has 1 rings (SSSR count). The summed E-state index contributed by atoms with van der Waals surface area (Å²) in [5, 5.41) is 10.7. The van der Waals surface area contributed by atoms with Crippen LogP contribution in [0.4, 0.5) is 0 Å². The Bertz CT molecular complexity index is 357. The smallest absolute Gasteiger partial charge is 0.0804 e. The van der Waals surface area contributed by atoms with E-state index in [1.54, 1.807) is 0 Å². The Morgan fingerprint density at radius 2 is 2.00 bits per heavy atom. The second-order valence-electron chi connectivity index (χ2n) is 5.28. The Kier molecular flexibility index (Phi) is 4.84. The predicted molar refractivity (Wildman–Crippen MR) is 72.8 cm³/mol. The third-order valence-corrected chi connectivity index (χ3v) is 3.31. The minimum Gasteiger partial charge on any atom is -0.388 e. The zero-order valence-electron chi connectivity index (χ0n) is 9.93. The van der Waals surface area contributed by atoms with E-state index >= 15 is 0 Å². The molecule has 3 heteroatoms. The lowest BCUT2D eigenvalue weighted by Crippen LogP contribution is -2.08. The van der Waals surface area contributed by atoms with Gasteiger partial charge in [-0.15, -0.1) is 0 Å². The Morgan fingerprint density at radius 1 is 1.38 bits per heavy atom. The van der Waals surface area contributed by atoms with Crippen molar-refractivity contribution in [1.82, 2.24) is 0 Å². The first-order chi connectivity index (χ1) is 7.29. The van der Waals surface area contributed by atoms with Gasteiger partial charge < -0.3 is 5.11 Å². The number of hydrogen-bond donors (Lipinski definition) is 1. The molecule has 0 saturated heterocycles. The van der Waals surface area contributed by atoms with Crippen LogP contribution in [0.25, 0.3) is 0 Å². The molecule has 0 saturated carbocycles. The number of hydrogen-bond acceptors (Lipinski definition) is 1. The van der Waals surface area contributed by atoms with E-state index in [1.807, 2.05) is 18.2 Å². The summed E-state index contributed by atoms with van der Waals surface area (Å²) in [6, 6.07) is 5.60. The first kappa shape index (κ1) is 14.0. The maximum atomic E-state index is 10.1. The third kappa shape index (κ3) is 4.44. The highest BCUT2D eigenvalue weighted by Crippen LogP contribution is 2.32. The maximum Gasteiger partial charge on any atom is 0.0804 e. The molecule has 0 aliphatic carbocycles. The van der Waals surface area contributed by atoms with Crippen LogP contribution in [-0.4, -0.2) is 5.11 Å². The van der Waals surface area contributed by atoms with Gasteiger partial charge in [-0.2, -0.15) is 0 Å². The van der Waals surface area contributed by atoms with E-state index < -0.39 is 6.10 Å². The van der Waals surface area contributed by atoms with E-state index in [-0.39, 0.29) is 5.41 Å². The van der Waals surface area contributed by atoms with Gasteiger partial charge in [-0.3, -0.25) is 0 Å². The van der Waals surface area contributed by atoms with E-state index in [4.69, 9.17) is 11.6 Å². The van der Waals surface area contributed by atoms with Crippen LogP contribution in [0.5, 0.6) is 0 Å². The second-order valence-corrected chi connectivity index (χ2v) is 6.60. The highest BCUT2D eigenvalue weighted by molar-refractivity contribution is 9.10. The summed E-state index contributed by atoms with van der Waals surface area (Å²) in [5.74, 6) is 0. The number of halogens is 2. The number of aliphatic hydroxyl groups excluding tert-OH is 1. The van der Waals surface area contributed by atoms with Gasteiger partial charge in [0.25, 0.3) is 0 Å². The van der Waals surface area contributed by atoms with Crippen LogP contribution in [-0.2, 0) is 0 Å². The largest absolute Gasteiger partial charge is 0.388 e. The molecule has 1 unspecified atom stereocenters. The molecule has 90 valence electrons. The molecule has 0 spiro atoms. The zero-order chi connectivity index (χ0) is 12.3. The SMILES string of the molecule is CC(C)(C)CCC(O)c1ccc(Br)cc1Cl. The van der Waals surface area contributed by atoms with Crippen LogP contribution in [0.3, 0.4) is 0 Å². The molecule has 0 bridgehead atoms. The van der Waals surface area contributed by atoms with Crippen molar-refractivity contribution in [2.75, 3.05) is 0 Å². The van der Waals surface area contributed by atoms with Gasteiger partial charge in [0, 0.05) is 9.50 Å². The molecule has 0 aliphatic heterocycles. The van der Waals surface area contributed by atoms with Crippen LogP contribution in [0.1, 0.15) is 45.3 Å². The highest BCUT2D eigenvalue weighted by atomic mass is 79.9. The lowest BCUT2D eigenvalue weighted by molar-refractivity contribution is 0.147. The summed E-state index contributed by atoms with van der Waals surface area (Å²) in [4.78, 5) is 0. The van der Waals surface area contributed by atoms with Crippen LogP contribution in [0.2, 0.25) is 5.02 Å². The summed E-state index contributed by atoms with van der Waals surface area (Å²) in [6.45, 7) is 6.51. The van der Waals surface area contributed by atoms with Gasteiger partial charge in [-0.1, -0.05) is 54.4 Å². The standard InChI is InChI=1S/C13H18BrClO/c1-13(2,3)7-6-12(16)10-5-4-9(14)8-11(10)15/h4-5,8,12,16H,6-7H2,1-3H3. The monoisotopic (exact) mass is 304 g/mol. The Morgan fingerprint density at radius 3 is 2.50 bits per heavy atom. The first-order valence-electron chi connectivity index (χ1n) is 5.42. The van der Waals surface area contributed by atoms with Crippen LogP contribution < -0.4 is 0 Å². The third-order valence-electron chi connectivity index (χ3n) is 2.49. The summed E-state index contributed by atoms with van der Waals surface area (Å²) in [7, 11) is 0. The molecule has 1 nitrogen and oxygen atoms in total. The van der Waals surface area contributed by atoms with E-state index in [2.05, 4.69) is 36.7 Å². The number of benzene rings is 1. The van der Waals surface area contributed by atoms with Gasteiger partial charge in [-0.25, -0.2) is 0 Å². The highest BCUT2D eigenvalue weighted by Gasteiger charge is 2.16. The molecule has 0 aromatic heterocycles. The normalized spacial score (nSPS) is 13.9. The van der Waals surface area contributed by atoms with E-state index in [0.717, 1.165) is 22.9 Å². The van der Waals surface area contributed by atoms with Gasteiger partial charge in [0.1, 0.15) is 0 Å². The van der Waals surface area contributed by atoms with Crippen LogP contribution >= 0.6 is 27.5 Å². The van der Waals surface area contributed by atoms with Crippen LogP contribution in [0.15, 0.2) is 22.7 Å². The lowest BCUT2D eigenvalue weighted by Gasteiger charge is -2.21. The van der Waals surface area contributed by atoms with Crippen molar-refractivity contribution in [2.45, 2.75) is 39.7 Å². The van der Waals surface area contributed by atoms with Gasteiger partial charge in [0.2, 0.25) is 0 Å². The summed E-state index contributed by atoms with van der Waals surface area (Å²) in [6.07, 6.45) is 1.24. The Balaban J connectivity index is 2.70. The van der Waals surface area contributed by atoms with Gasteiger partial charge in [0.15, 0.2) is 0 Å². The zero-order valence-corrected chi connectivity index (χ0v) is 12.3. The van der Waals surface area contributed by atoms with Crippen molar-refractivity contribution < 1.29 is 5.11 Å². The molecule has 0 radical (unpaired) electrons. The van der Waals surface area contributed by atoms with Crippen molar-refractivity contribution in [3.63, 3.8) is 0 Å². The molecule has 0 fully saturated rings. The van der Waals surface area contributed by atoms with E-state index in [0.29, 0.717) is 5.02 Å². The average Bonchev–Trinajstić information content (AvgIpc) is 2.13. The topological polar surface area (TPSA) is 20.2 Å². The molecular weight excluding hydrogens is 287 g/mol. The van der Waals surface area contributed by atoms with Gasteiger partial charge in [-0.05, 0) is 36.0 Å². The van der Waals surface area contributed by atoms with Crippen molar-refractivity contribution in [3.05, 3.63) is 33.3 Å². The average molecular weight is 306 g/mol. The van der Waals surface area contributed by atoms with E-state index in [1.165, 1.54) is 0 Å². The van der Waals surface area contributed by atoms with Gasteiger partial charge >= 0.3 is 0 Å². The number of aliphatic hydroxyl groups is 1. The molecule has 16 heavy (non-hydrogen) atoms. The first-order valence-corrected chi connectivity index (χ1v) is 6.60. The molecule has 1 atom stereocenters. The summed E-state index contributed by atoms with van der Waals surface area (Å²) >= 11 is 9.43. The fourth-order valence-electron chi connectivity index (χ4n) is 1.50. The molecule has 0 aliphatic rings. The Hall–Kier alpha value is -0.0500. The molecule has 1 aromatic rings. The van der Waals surface area contributed by atoms with E-state index in [9.17, 15) is 5.11 Å². The quantitative estimate of drug-likeness (QED) is 0.836. The van der Waals surface area contributed by atoms with Crippen LogP contribution in [0, 0.1) is 5.41 Å². The summed E-state index contributed by atoms with van der Waals surface area (Å²) < 4.78 is 0.935. The molecule has 1 N–H and O–H groups in total. The van der Waals surface area contributed by atoms with Crippen molar-refractivity contribution >= 4 is 27.5 Å². The second kappa shape index (κ2) is 5.52. The predicted octanol–water partition coefficient (Wildman–Crippen LogP) is 4.96. The van der Waals surface area contributed by atoms with Gasteiger partial charge in [0.05, 0.1) is 6.10 Å². The van der Waals surface area contributed by atoms with Crippen molar-refractivity contribution in [2.24, 2.45) is 5.41 Å². The molecule has 1 aromatic carbocycles. The fraction of sp³-hybridized carbons (Fsp3) is 0.538. The summed E-state index contributed by atoms with van der Waals surface area (Å²) in [5.41, 5.74) is 1.05. The number of rotatable bonds is 3.